The second kappa shape index (κ2) is 7.59. The average Bonchev–Trinajstić information content (AvgIpc) is 3.06. The van der Waals surface area contributed by atoms with Gasteiger partial charge in [-0.3, -0.25) is 14.8 Å². The van der Waals surface area contributed by atoms with Crippen LogP contribution in [-0.2, 0) is 0 Å². The highest BCUT2D eigenvalue weighted by molar-refractivity contribution is 6.33. The number of hydrogen-bond donors (Lipinski definition) is 3. The first-order valence-corrected chi connectivity index (χ1v) is 8.13. The van der Waals surface area contributed by atoms with E-state index in [0.29, 0.717) is 23.0 Å². The minimum Gasteiger partial charge on any atom is -0.349 e. The fourth-order valence-corrected chi connectivity index (χ4v) is 2.84. The van der Waals surface area contributed by atoms with Crippen molar-refractivity contribution in [1.82, 2.24) is 25.7 Å². The van der Waals surface area contributed by atoms with Crippen molar-refractivity contribution in [2.45, 2.75) is 0 Å². The first-order chi connectivity index (χ1) is 11.2. The molecule has 3 N–H and O–H groups in total. The van der Waals surface area contributed by atoms with Crippen molar-refractivity contribution in [3.8, 4) is 11.3 Å². The lowest BCUT2D eigenvalue weighted by molar-refractivity contribution is 0.0942. The Morgan fingerprint density at radius 3 is 2.87 bits per heavy atom. The lowest BCUT2D eigenvalue weighted by Gasteiger charge is -2.26. The van der Waals surface area contributed by atoms with Gasteiger partial charge in [0.05, 0.1) is 10.7 Å². The topological polar surface area (TPSA) is 73.1 Å². The summed E-state index contributed by atoms with van der Waals surface area (Å²) in [6.45, 7) is 5.55. The third kappa shape index (κ3) is 4.10. The van der Waals surface area contributed by atoms with Crippen LogP contribution in [0.5, 0.6) is 0 Å². The van der Waals surface area contributed by atoms with Gasteiger partial charge in [0, 0.05) is 44.8 Å². The zero-order chi connectivity index (χ0) is 16.1. The standard InChI is InChI=1S/C16H20ClN5O/c17-13-4-2-1-3-12(13)14-11-15(21-20-14)16(23)19-7-10-22-8-5-18-6-9-22/h1-4,11,18H,5-10H2,(H,19,23)(H,20,21). The van der Waals surface area contributed by atoms with Crippen molar-refractivity contribution in [2.24, 2.45) is 0 Å². The van der Waals surface area contributed by atoms with Crippen molar-refractivity contribution < 1.29 is 4.79 Å². The fraction of sp³-hybridized carbons (Fsp3) is 0.375. The largest absolute Gasteiger partial charge is 0.349 e. The minimum absolute atomic E-state index is 0.147. The Morgan fingerprint density at radius 2 is 2.09 bits per heavy atom. The third-order valence-corrected chi connectivity index (χ3v) is 4.23. The molecule has 1 aliphatic rings. The van der Waals surface area contributed by atoms with E-state index in [4.69, 9.17) is 11.6 Å². The maximum Gasteiger partial charge on any atom is 0.269 e. The van der Waals surface area contributed by atoms with E-state index in [1.165, 1.54) is 0 Å². The molecule has 1 aliphatic heterocycles. The highest BCUT2D eigenvalue weighted by atomic mass is 35.5. The molecule has 1 aromatic carbocycles. The zero-order valence-corrected chi connectivity index (χ0v) is 13.6. The lowest BCUT2D eigenvalue weighted by atomic mass is 10.1. The molecular weight excluding hydrogens is 314 g/mol. The number of carbonyl (C=O) groups excluding carboxylic acids is 1. The predicted octanol–water partition coefficient (Wildman–Crippen LogP) is 1.37. The van der Waals surface area contributed by atoms with Crippen LogP contribution in [0.2, 0.25) is 5.02 Å². The Hall–Kier alpha value is -1.89. The molecule has 0 radical (unpaired) electrons. The van der Waals surface area contributed by atoms with Crippen molar-refractivity contribution in [1.29, 1.82) is 0 Å². The molecule has 1 amide bonds. The molecule has 2 heterocycles. The molecule has 122 valence electrons. The number of piperazine rings is 1. The molecular formula is C16H20ClN5O. The summed E-state index contributed by atoms with van der Waals surface area (Å²) in [5.41, 5.74) is 1.92. The number of aromatic amines is 1. The highest BCUT2D eigenvalue weighted by Gasteiger charge is 2.13. The van der Waals surface area contributed by atoms with Gasteiger partial charge in [-0.05, 0) is 12.1 Å². The van der Waals surface area contributed by atoms with Crippen LogP contribution in [0.25, 0.3) is 11.3 Å². The smallest absolute Gasteiger partial charge is 0.269 e. The van der Waals surface area contributed by atoms with Crippen molar-refractivity contribution in [2.75, 3.05) is 39.3 Å². The SMILES string of the molecule is O=C(NCCN1CCNCC1)c1cc(-c2ccccc2Cl)n[nH]1. The van der Waals surface area contributed by atoms with Crippen molar-refractivity contribution in [3.63, 3.8) is 0 Å². The number of nitrogens with one attached hydrogen (secondary N) is 3. The number of H-pyrrole nitrogens is 1. The summed E-state index contributed by atoms with van der Waals surface area (Å²) >= 11 is 6.15. The van der Waals surface area contributed by atoms with Gasteiger partial charge in [0.15, 0.2) is 0 Å². The molecule has 1 aromatic heterocycles. The van der Waals surface area contributed by atoms with E-state index >= 15 is 0 Å². The number of nitrogens with zero attached hydrogens (tertiary/aromatic N) is 2. The fourth-order valence-electron chi connectivity index (χ4n) is 2.60. The summed E-state index contributed by atoms with van der Waals surface area (Å²) in [4.78, 5) is 14.5. The number of rotatable bonds is 5. The van der Waals surface area contributed by atoms with Gasteiger partial charge in [-0.1, -0.05) is 29.8 Å². The molecule has 2 aromatic rings. The normalized spacial score (nSPS) is 15.5. The van der Waals surface area contributed by atoms with Gasteiger partial charge >= 0.3 is 0 Å². The summed E-state index contributed by atoms with van der Waals surface area (Å²) in [5, 5.41) is 13.8. The van der Waals surface area contributed by atoms with E-state index in [0.717, 1.165) is 38.3 Å². The number of halogens is 1. The van der Waals surface area contributed by atoms with E-state index < -0.39 is 0 Å². The van der Waals surface area contributed by atoms with E-state index in [1.54, 1.807) is 12.1 Å². The summed E-state index contributed by atoms with van der Waals surface area (Å²) in [6.07, 6.45) is 0. The molecule has 3 rings (SSSR count). The molecule has 0 bridgehead atoms. The van der Waals surface area contributed by atoms with E-state index in [1.807, 2.05) is 18.2 Å². The first-order valence-electron chi connectivity index (χ1n) is 7.75. The number of amides is 1. The van der Waals surface area contributed by atoms with Crippen LogP contribution < -0.4 is 10.6 Å². The van der Waals surface area contributed by atoms with Crippen molar-refractivity contribution in [3.05, 3.63) is 41.0 Å². The quantitative estimate of drug-likeness (QED) is 0.772. The molecule has 0 saturated carbocycles. The average molecular weight is 334 g/mol. The molecule has 1 fully saturated rings. The molecule has 0 spiro atoms. The predicted molar refractivity (Wildman–Crippen MR) is 90.7 cm³/mol. The lowest BCUT2D eigenvalue weighted by Crippen LogP contribution is -2.46. The molecule has 7 heteroatoms. The van der Waals surface area contributed by atoms with Gasteiger partial charge in [0.1, 0.15) is 5.69 Å². The van der Waals surface area contributed by atoms with Gasteiger partial charge in [-0.15, -0.1) is 0 Å². The van der Waals surface area contributed by atoms with E-state index in [2.05, 4.69) is 25.7 Å². The van der Waals surface area contributed by atoms with Gasteiger partial charge in [-0.25, -0.2) is 0 Å². The van der Waals surface area contributed by atoms with Crippen LogP contribution in [0.3, 0.4) is 0 Å². The van der Waals surface area contributed by atoms with Crippen molar-refractivity contribution >= 4 is 17.5 Å². The van der Waals surface area contributed by atoms with Crippen LogP contribution in [-0.4, -0.2) is 60.3 Å². The minimum atomic E-state index is -0.147. The molecule has 23 heavy (non-hydrogen) atoms. The number of benzene rings is 1. The molecule has 0 unspecified atom stereocenters. The summed E-state index contributed by atoms with van der Waals surface area (Å²) in [5.74, 6) is -0.147. The Morgan fingerprint density at radius 1 is 1.30 bits per heavy atom. The highest BCUT2D eigenvalue weighted by Crippen LogP contribution is 2.26. The molecule has 0 aliphatic carbocycles. The molecule has 6 nitrogen and oxygen atoms in total. The monoisotopic (exact) mass is 333 g/mol. The summed E-state index contributed by atoms with van der Waals surface area (Å²) in [6, 6.07) is 9.16. The van der Waals surface area contributed by atoms with Gasteiger partial charge in [-0.2, -0.15) is 5.10 Å². The molecule has 1 saturated heterocycles. The molecule has 0 atom stereocenters. The van der Waals surface area contributed by atoms with Crippen LogP contribution in [0.15, 0.2) is 30.3 Å². The first kappa shape index (κ1) is 16.0. The number of carbonyl (C=O) groups is 1. The van der Waals surface area contributed by atoms with Crippen LogP contribution in [0, 0.1) is 0 Å². The van der Waals surface area contributed by atoms with Crippen LogP contribution >= 0.6 is 11.6 Å². The zero-order valence-electron chi connectivity index (χ0n) is 12.8. The second-order valence-corrected chi connectivity index (χ2v) is 5.90. The number of aromatic nitrogens is 2. The van der Waals surface area contributed by atoms with E-state index in [-0.39, 0.29) is 5.91 Å². The Balaban J connectivity index is 1.55. The van der Waals surface area contributed by atoms with Gasteiger partial charge in [0.2, 0.25) is 0 Å². The van der Waals surface area contributed by atoms with Gasteiger partial charge in [0.25, 0.3) is 5.91 Å². The number of hydrogen-bond acceptors (Lipinski definition) is 4. The Bertz CT molecular complexity index is 666. The van der Waals surface area contributed by atoms with Gasteiger partial charge < -0.3 is 10.6 Å². The Kier molecular flexibility index (Phi) is 5.27. The summed E-state index contributed by atoms with van der Waals surface area (Å²) in [7, 11) is 0. The Labute approximate surface area is 140 Å². The second-order valence-electron chi connectivity index (χ2n) is 5.49. The maximum atomic E-state index is 12.2. The maximum absolute atomic E-state index is 12.2. The third-order valence-electron chi connectivity index (χ3n) is 3.90. The van der Waals surface area contributed by atoms with Crippen LogP contribution in [0.4, 0.5) is 0 Å². The summed E-state index contributed by atoms with van der Waals surface area (Å²) < 4.78 is 0. The van der Waals surface area contributed by atoms with E-state index in [9.17, 15) is 4.79 Å². The van der Waals surface area contributed by atoms with Crippen LogP contribution in [0.1, 0.15) is 10.5 Å².